The molecule has 14 heavy (non-hydrogen) atoms. The van der Waals surface area contributed by atoms with Crippen LogP contribution in [0.4, 0.5) is 0 Å². The van der Waals surface area contributed by atoms with Crippen LogP contribution in [0.3, 0.4) is 0 Å². The molecule has 0 fully saturated rings. The molecule has 2 N–H and O–H groups in total. The van der Waals surface area contributed by atoms with E-state index in [4.69, 9.17) is 17.3 Å². The van der Waals surface area contributed by atoms with E-state index >= 15 is 0 Å². The summed E-state index contributed by atoms with van der Waals surface area (Å²) in [5, 5.41) is 2.76. The monoisotopic (exact) mass is 223 g/mol. The molecular formula is C11H10ClNS. The Morgan fingerprint density at radius 1 is 1.21 bits per heavy atom. The summed E-state index contributed by atoms with van der Waals surface area (Å²) in [6.45, 7) is 0. The summed E-state index contributed by atoms with van der Waals surface area (Å²) in [5.41, 5.74) is 7.14. The maximum absolute atomic E-state index is 6.08. The highest BCUT2D eigenvalue weighted by atomic mass is 35.5. The van der Waals surface area contributed by atoms with Gasteiger partial charge in [0, 0.05) is 9.90 Å². The van der Waals surface area contributed by atoms with Crippen molar-refractivity contribution in [1.29, 1.82) is 0 Å². The molecule has 1 aromatic carbocycles. The van der Waals surface area contributed by atoms with Gasteiger partial charge in [-0.15, -0.1) is 11.3 Å². The van der Waals surface area contributed by atoms with E-state index in [-0.39, 0.29) is 6.04 Å². The second kappa shape index (κ2) is 4.13. The van der Waals surface area contributed by atoms with Crippen LogP contribution in [0.25, 0.3) is 0 Å². The van der Waals surface area contributed by atoms with Crippen LogP contribution in [0.15, 0.2) is 41.8 Å². The first kappa shape index (κ1) is 9.71. The Hall–Kier alpha value is -0.830. The molecule has 2 aromatic rings. The van der Waals surface area contributed by atoms with Crippen LogP contribution in [0.2, 0.25) is 5.02 Å². The largest absolute Gasteiger partial charge is 0.320 e. The molecule has 0 saturated heterocycles. The van der Waals surface area contributed by atoms with E-state index in [1.165, 1.54) is 0 Å². The number of benzene rings is 1. The van der Waals surface area contributed by atoms with Gasteiger partial charge in [0.05, 0.1) is 6.04 Å². The number of thiophene rings is 1. The van der Waals surface area contributed by atoms with Gasteiger partial charge in [-0.25, -0.2) is 0 Å². The molecule has 0 bridgehead atoms. The quantitative estimate of drug-likeness (QED) is 0.829. The van der Waals surface area contributed by atoms with E-state index in [0.717, 1.165) is 15.5 Å². The van der Waals surface area contributed by atoms with Crippen LogP contribution >= 0.6 is 22.9 Å². The van der Waals surface area contributed by atoms with E-state index in [1.54, 1.807) is 11.3 Å². The summed E-state index contributed by atoms with van der Waals surface area (Å²) < 4.78 is 0. The Morgan fingerprint density at radius 2 is 2.07 bits per heavy atom. The van der Waals surface area contributed by atoms with E-state index < -0.39 is 0 Å². The molecule has 0 radical (unpaired) electrons. The molecule has 1 atom stereocenters. The normalized spacial score (nSPS) is 12.7. The highest BCUT2D eigenvalue weighted by molar-refractivity contribution is 7.10. The van der Waals surface area contributed by atoms with Crippen molar-refractivity contribution in [3.05, 3.63) is 57.2 Å². The molecule has 1 heterocycles. The zero-order valence-corrected chi connectivity index (χ0v) is 9.05. The van der Waals surface area contributed by atoms with Gasteiger partial charge in [0.25, 0.3) is 0 Å². The lowest BCUT2D eigenvalue weighted by Crippen LogP contribution is -2.09. The Balaban J connectivity index is 2.32. The van der Waals surface area contributed by atoms with Gasteiger partial charge in [-0.1, -0.05) is 29.8 Å². The van der Waals surface area contributed by atoms with Crippen LogP contribution in [0, 0.1) is 0 Å². The van der Waals surface area contributed by atoms with Gasteiger partial charge in [-0.2, -0.15) is 0 Å². The first-order chi connectivity index (χ1) is 6.77. The summed E-state index contributed by atoms with van der Waals surface area (Å²) in [7, 11) is 0. The smallest absolute Gasteiger partial charge is 0.0646 e. The van der Waals surface area contributed by atoms with Gasteiger partial charge >= 0.3 is 0 Å². The summed E-state index contributed by atoms with van der Waals surface area (Å²) in [4.78, 5) is 1.16. The lowest BCUT2D eigenvalue weighted by Gasteiger charge is -2.09. The highest BCUT2D eigenvalue weighted by Crippen LogP contribution is 2.25. The van der Waals surface area contributed by atoms with Crippen molar-refractivity contribution in [3.63, 3.8) is 0 Å². The predicted molar refractivity (Wildman–Crippen MR) is 61.8 cm³/mol. The first-order valence-electron chi connectivity index (χ1n) is 4.32. The van der Waals surface area contributed by atoms with Gasteiger partial charge in [-0.3, -0.25) is 0 Å². The number of halogens is 1. The fourth-order valence-corrected chi connectivity index (χ4v) is 2.29. The molecular weight excluding hydrogens is 214 g/mol. The summed E-state index contributed by atoms with van der Waals surface area (Å²) in [6.07, 6.45) is 0. The standard InChI is InChI=1S/C11H10ClNS/c12-9-4-1-3-8(7-9)11(13)10-5-2-6-14-10/h1-7,11H,13H2. The fourth-order valence-electron chi connectivity index (χ4n) is 1.33. The summed E-state index contributed by atoms with van der Waals surface area (Å²) in [6, 6.07) is 11.7. The van der Waals surface area contributed by atoms with Gasteiger partial charge in [0.1, 0.15) is 0 Å². The van der Waals surface area contributed by atoms with Gasteiger partial charge in [0.15, 0.2) is 0 Å². The number of rotatable bonds is 2. The topological polar surface area (TPSA) is 26.0 Å². The second-order valence-electron chi connectivity index (χ2n) is 3.05. The molecule has 72 valence electrons. The minimum absolute atomic E-state index is 0.0614. The number of hydrogen-bond donors (Lipinski definition) is 1. The highest BCUT2D eigenvalue weighted by Gasteiger charge is 2.09. The lowest BCUT2D eigenvalue weighted by atomic mass is 10.1. The van der Waals surface area contributed by atoms with Gasteiger partial charge in [0.2, 0.25) is 0 Å². The average molecular weight is 224 g/mol. The minimum atomic E-state index is -0.0614. The third-order valence-electron chi connectivity index (χ3n) is 2.06. The fraction of sp³-hybridized carbons (Fsp3) is 0.0909. The SMILES string of the molecule is NC(c1cccc(Cl)c1)c1cccs1. The van der Waals surface area contributed by atoms with Crippen molar-refractivity contribution in [2.24, 2.45) is 5.73 Å². The lowest BCUT2D eigenvalue weighted by molar-refractivity contribution is 0.894. The van der Waals surface area contributed by atoms with E-state index in [0.29, 0.717) is 0 Å². The molecule has 0 saturated carbocycles. The Kier molecular flexibility index (Phi) is 2.87. The van der Waals surface area contributed by atoms with E-state index in [1.807, 2.05) is 41.8 Å². The van der Waals surface area contributed by atoms with Crippen molar-refractivity contribution in [2.75, 3.05) is 0 Å². The Labute approximate surface area is 92.1 Å². The van der Waals surface area contributed by atoms with Crippen LogP contribution in [-0.4, -0.2) is 0 Å². The van der Waals surface area contributed by atoms with Crippen LogP contribution in [0.5, 0.6) is 0 Å². The van der Waals surface area contributed by atoms with Gasteiger partial charge in [-0.05, 0) is 29.1 Å². The second-order valence-corrected chi connectivity index (χ2v) is 4.46. The summed E-state index contributed by atoms with van der Waals surface area (Å²) >= 11 is 7.56. The average Bonchev–Trinajstić information content (AvgIpc) is 2.69. The van der Waals surface area contributed by atoms with Crippen molar-refractivity contribution in [2.45, 2.75) is 6.04 Å². The van der Waals surface area contributed by atoms with Crippen LogP contribution in [-0.2, 0) is 0 Å². The third-order valence-corrected chi connectivity index (χ3v) is 3.25. The van der Waals surface area contributed by atoms with Gasteiger partial charge < -0.3 is 5.73 Å². The minimum Gasteiger partial charge on any atom is -0.320 e. The van der Waals surface area contributed by atoms with Crippen molar-refractivity contribution >= 4 is 22.9 Å². The molecule has 0 aliphatic heterocycles. The third kappa shape index (κ3) is 1.98. The first-order valence-corrected chi connectivity index (χ1v) is 5.57. The molecule has 0 aliphatic carbocycles. The van der Waals surface area contributed by atoms with E-state index in [2.05, 4.69) is 0 Å². The van der Waals surface area contributed by atoms with E-state index in [9.17, 15) is 0 Å². The van der Waals surface area contributed by atoms with Crippen LogP contribution < -0.4 is 5.73 Å². The molecule has 0 aliphatic rings. The van der Waals surface area contributed by atoms with Crippen LogP contribution in [0.1, 0.15) is 16.5 Å². The maximum atomic E-state index is 6.08. The van der Waals surface area contributed by atoms with Crippen molar-refractivity contribution in [3.8, 4) is 0 Å². The molecule has 1 nitrogen and oxygen atoms in total. The molecule has 3 heteroatoms. The molecule has 2 rings (SSSR count). The number of nitrogens with two attached hydrogens (primary N) is 1. The molecule has 1 aromatic heterocycles. The van der Waals surface area contributed by atoms with Crippen molar-refractivity contribution in [1.82, 2.24) is 0 Å². The molecule has 0 amide bonds. The van der Waals surface area contributed by atoms with Crippen molar-refractivity contribution < 1.29 is 0 Å². The number of hydrogen-bond acceptors (Lipinski definition) is 2. The Morgan fingerprint density at radius 3 is 2.71 bits per heavy atom. The maximum Gasteiger partial charge on any atom is 0.0646 e. The summed E-state index contributed by atoms with van der Waals surface area (Å²) in [5.74, 6) is 0. The molecule has 0 spiro atoms. The Bertz CT molecular complexity index is 411. The predicted octanol–water partition coefficient (Wildman–Crippen LogP) is 3.45. The zero-order valence-electron chi connectivity index (χ0n) is 7.48. The molecule has 1 unspecified atom stereocenters. The zero-order chi connectivity index (χ0) is 9.97.